The van der Waals surface area contributed by atoms with Crippen molar-refractivity contribution in [3.05, 3.63) is 36.7 Å². The van der Waals surface area contributed by atoms with Crippen LogP contribution in [0.15, 0.2) is 36.7 Å². The van der Waals surface area contributed by atoms with E-state index in [2.05, 4.69) is 11.9 Å². The second kappa shape index (κ2) is 3.22. The van der Waals surface area contributed by atoms with E-state index in [1.807, 2.05) is 18.4 Å². The third-order valence-corrected chi connectivity index (χ3v) is 1.38. The molecular weight excluding hydrogens is 126 g/mol. The minimum absolute atomic E-state index is 0.551. The molecule has 0 radical (unpaired) electrons. The molecule has 1 unspecified atom stereocenters. The quantitative estimate of drug-likeness (QED) is 0.555. The van der Waals surface area contributed by atoms with Crippen molar-refractivity contribution in [1.29, 1.82) is 0 Å². The van der Waals surface area contributed by atoms with Gasteiger partial charge in [-0.2, -0.15) is 0 Å². The fraction of sp³-hybridized carbons (Fsp3) is 0.250. The van der Waals surface area contributed by atoms with Gasteiger partial charge in [-0.25, -0.2) is 0 Å². The Morgan fingerprint density at radius 1 is 1.80 bits per heavy atom. The van der Waals surface area contributed by atoms with Crippen molar-refractivity contribution >= 4 is 0 Å². The van der Waals surface area contributed by atoms with Gasteiger partial charge >= 0.3 is 0 Å². The maximum absolute atomic E-state index is 9.20. The third-order valence-electron chi connectivity index (χ3n) is 1.38. The lowest BCUT2D eigenvalue weighted by molar-refractivity contribution is 0.252. The van der Waals surface area contributed by atoms with Crippen LogP contribution in [0.4, 0.5) is 0 Å². The molecule has 54 valence electrons. The SMILES string of the molecule is C=CC(O)C1=CCC=CN1. The highest BCUT2D eigenvalue weighted by Gasteiger charge is 2.04. The first kappa shape index (κ1) is 7.09. The van der Waals surface area contributed by atoms with Gasteiger partial charge in [0.1, 0.15) is 6.10 Å². The van der Waals surface area contributed by atoms with E-state index in [1.165, 1.54) is 6.08 Å². The Morgan fingerprint density at radius 3 is 3.10 bits per heavy atom. The standard InChI is InChI=1S/C8H11NO/c1-2-8(10)7-5-3-4-6-9-7/h2,4-6,8-10H,1,3H2. The van der Waals surface area contributed by atoms with Gasteiger partial charge in [0.2, 0.25) is 0 Å². The van der Waals surface area contributed by atoms with Crippen molar-refractivity contribution in [3.8, 4) is 0 Å². The van der Waals surface area contributed by atoms with Crippen molar-refractivity contribution in [1.82, 2.24) is 5.32 Å². The summed E-state index contributed by atoms with van der Waals surface area (Å²) in [5.41, 5.74) is 0.817. The average molecular weight is 137 g/mol. The molecule has 0 saturated carbocycles. The van der Waals surface area contributed by atoms with Crippen LogP contribution in [0.1, 0.15) is 6.42 Å². The van der Waals surface area contributed by atoms with Gasteiger partial charge in [-0.05, 0) is 12.6 Å². The van der Waals surface area contributed by atoms with E-state index in [1.54, 1.807) is 0 Å². The van der Waals surface area contributed by atoms with Gasteiger partial charge in [-0.1, -0.05) is 18.2 Å². The van der Waals surface area contributed by atoms with E-state index in [-0.39, 0.29) is 0 Å². The van der Waals surface area contributed by atoms with E-state index in [9.17, 15) is 5.11 Å². The van der Waals surface area contributed by atoms with Gasteiger partial charge in [0.25, 0.3) is 0 Å². The Bertz CT molecular complexity index is 182. The highest BCUT2D eigenvalue weighted by molar-refractivity contribution is 5.18. The van der Waals surface area contributed by atoms with Crippen LogP contribution in [-0.2, 0) is 0 Å². The first-order chi connectivity index (χ1) is 4.84. The number of aliphatic hydroxyl groups is 1. The highest BCUT2D eigenvalue weighted by atomic mass is 16.3. The van der Waals surface area contributed by atoms with Crippen LogP contribution in [0.5, 0.6) is 0 Å². The third kappa shape index (κ3) is 1.48. The Hall–Kier alpha value is -1.02. The van der Waals surface area contributed by atoms with Gasteiger partial charge in [0.05, 0.1) is 0 Å². The van der Waals surface area contributed by atoms with Gasteiger partial charge in [0, 0.05) is 5.70 Å². The molecule has 0 aromatic heterocycles. The van der Waals surface area contributed by atoms with Crippen LogP contribution >= 0.6 is 0 Å². The normalized spacial score (nSPS) is 19.1. The summed E-state index contributed by atoms with van der Waals surface area (Å²) in [5.74, 6) is 0. The molecule has 0 amide bonds. The van der Waals surface area contributed by atoms with Crippen molar-refractivity contribution in [2.75, 3.05) is 0 Å². The molecule has 0 fully saturated rings. The highest BCUT2D eigenvalue weighted by Crippen LogP contribution is 2.05. The number of allylic oxidation sites excluding steroid dienone is 2. The number of dihydropyridines is 1. The molecule has 2 N–H and O–H groups in total. The van der Waals surface area contributed by atoms with Gasteiger partial charge < -0.3 is 10.4 Å². The molecule has 10 heavy (non-hydrogen) atoms. The molecule has 1 aliphatic rings. The monoisotopic (exact) mass is 137 g/mol. The summed E-state index contributed by atoms with van der Waals surface area (Å²) in [6, 6.07) is 0. The minimum atomic E-state index is -0.551. The Morgan fingerprint density at radius 2 is 2.60 bits per heavy atom. The van der Waals surface area contributed by atoms with E-state index in [4.69, 9.17) is 0 Å². The lowest BCUT2D eigenvalue weighted by atomic mass is 10.2. The van der Waals surface area contributed by atoms with Crippen LogP contribution in [0.3, 0.4) is 0 Å². The van der Waals surface area contributed by atoms with Crippen molar-refractivity contribution in [3.63, 3.8) is 0 Å². The van der Waals surface area contributed by atoms with E-state index >= 15 is 0 Å². The number of hydrogen-bond donors (Lipinski definition) is 2. The molecule has 1 rings (SSSR count). The molecule has 1 aliphatic heterocycles. The van der Waals surface area contributed by atoms with Gasteiger partial charge in [-0.15, -0.1) is 6.58 Å². The second-order valence-electron chi connectivity index (χ2n) is 2.12. The van der Waals surface area contributed by atoms with Crippen molar-refractivity contribution < 1.29 is 5.11 Å². The van der Waals surface area contributed by atoms with Crippen LogP contribution in [0.2, 0.25) is 0 Å². The fourth-order valence-corrected chi connectivity index (χ4v) is 0.810. The fourth-order valence-electron chi connectivity index (χ4n) is 0.810. The second-order valence-corrected chi connectivity index (χ2v) is 2.12. The summed E-state index contributed by atoms with van der Waals surface area (Å²) in [4.78, 5) is 0. The summed E-state index contributed by atoms with van der Waals surface area (Å²) >= 11 is 0. The summed E-state index contributed by atoms with van der Waals surface area (Å²) in [6.07, 6.45) is 7.57. The van der Waals surface area contributed by atoms with Crippen molar-refractivity contribution in [2.45, 2.75) is 12.5 Å². The van der Waals surface area contributed by atoms with Gasteiger partial charge in [0.15, 0.2) is 0 Å². The topological polar surface area (TPSA) is 32.3 Å². The van der Waals surface area contributed by atoms with E-state index in [0.717, 1.165) is 12.1 Å². The van der Waals surface area contributed by atoms with Crippen LogP contribution in [0, 0.1) is 0 Å². The zero-order valence-corrected chi connectivity index (χ0v) is 5.75. The smallest absolute Gasteiger partial charge is 0.111 e. The van der Waals surface area contributed by atoms with Crippen LogP contribution in [0.25, 0.3) is 0 Å². The first-order valence-corrected chi connectivity index (χ1v) is 3.27. The predicted molar refractivity (Wildman–Crippen MR) is 41.2 cm³/mol. The molecule has 0 aromatic carbocycles. The number of hydrogen-bond acceptors (Lipinski definition) is 2. The number of nitrogens with one attached hydrogen (secondary N) is 1. The Kier molecular flexibility index (Phi) is 2.29. The molecule has 0 aliphatic carbocycles. The molecule has 1 heterocycles. The Balaban J connectivity index is 2.55. The van der Waals surface area contributed by atoms with Crippen molar-refractivity contribution in [2.24, 2.45) is 0 Å². The summed E-state index contributed by atoms with van der Waals surface area (Å²) < 4.78 is 0. The summed E-state index contributed by atoms with van der Waals surface area (Å²) in [5, 5.41) is 12.1. The zero-order chi connectivity index (χ0) is 7.40. The molecular formula is C8H11NO. The Labute approximate surface area is 60.6 Å². The summed E-state index contributed by atoms with van der Waals surface area (Å²) in [7, 11) is 0. The molecule has 2 heteroatoms. The molecule has 1 atom stereocenters. The molecule has 0 bridgehead atoms. The predicted octanol–water partition coefficient (Wildman–Crippen LogP) is 0.924. The largest absolute Gasteiger partial charge is 0.383 e. The lowest BCUT2D eigenvalue weighted by Crippen LogP contribution is -2.19. The molecule has 0 aromatic rings. The number of aliphatic hydroxyl groups excluding tert-OH is 1. The average Bonchev–Trinajstić information content (AvgIpc) is 2.05. The molecule has 2 nitrogen and oxygen atoms in total. The maximum Gasteiger partial charge on any atom is 0.111 e. The van der Waals surface area contributed by atoms with E-state index in [0.29, 0.717) is 0 Å². The maximum atomic E-state index is 9.20. The van der Waals surface area contributed by atoms with Crippen LogP contribution < -0.4 is 5.32 Å². The molecule has 0 spiro atoms. The minimum Gasteiger partial charge on any atom is -0.383 e. The molecule has 0 saturated heterocycles. The van der Waals surface area contributed by atoms with E-state index < -0.39 is 6.10 Å². The zero-order valence-electron chi connectivity index (χ0n) is 5.75. The van der Waals surface area contributed by atoms with Crippen LogP contribution in [-0.4, -0.2) is 11.2 Å². The lowest BCUT2D eigenvalue weighted by Gasteiger charge is -2.13. The number of rotatable bonds is 2. The summed E-state index contributed by atoms with van der Waals surface area (Å²) in [6.45, 7) is 3.48. The first-order valence-electron chi connectivity index (χ1n) is 3.27. The van der Waals surface area contributed by atoms with Gasteiger partial charge in [-0.3, -0.25) is 0 Å².